The van der Waals surface area contributed by atoms with E-state index in [0.717, 1.165) is 36.9 Å². The summed E-state index contributed by atoms with van der Waals surface area (Å²) in [7, 11) is 1.69. The minimum atomic E-state index is -0.0783. The second kappa shape index (κ2) is 11.2. The third kappa shape index (κ3) is 5.41. The molecule has 3 aromatic carbocycles. The van der Waals surface area contributed by atoms with Crippen molar-refractivity contribution in [1.29, 1.82) is 0 Å². The van der Waals surface area contributed by atoms with E-state index in [0.29, 0.717) is 5.56 Å². The van der Waals surface area contributed by atoms with E-state index in [1.165, 1.54) is 27.3 Å². The molecule has 190 valence electrons. The third-order valence-electron chi connectivity index (χ3n) is 7.20. The molecule has 0 bridgehead atoms. The molecule has 1 fully saturated rings. The van der Waals surface area contributed by atoms with Crippen molar-refractivity contribution in [3.05, 3.63) is 112 Å². The normalized spacial score (nSPS) is 14.8. The largest absolute Gasteiger partial charge is 0.497 e. The Morgan fingerprint density at radius 3 is 2.11 bits per heavy atom. The minimum absolute atomic E-state index is 0.0276. The third-order valence-corrected chi connectivity index (χ3v) is 8.34. The first-order valence-electron chi connectivity index (χ1n) is 12.7. The van der Waals surface area contributed by atoms with Gasteiger partial charge in [0.1, 0.15) is 10.8 Å². The molecule has 1 aliphatic heterocycles. The summed E-state index contributed by atoms with van der Waals surface area (Å²) in [4.78, 5) is 19.4. The number of hydrogen-bond acceptors (Lipinski definition) is 5. The lowest BCUT2D eigenvalue weighted by atomic mass is 9.94. The fourth-order valence-corrected chi connectivity index (χ4v) is 6.14. The molecule has 2 heterocycles. The van der Waals surface area contributed by atoms with Crippen LogP contribution < -0.4 is 15.0 Å². The number of carbonyl (C=O) groups is 1. The number of piperazine rings is 1. The van der Waals surface area contributed by atoms with Gasteiger partial charge in [-0.15, -0.1) is 11.3 Å². The van der Waals surface area contributed by atoms with Crippen LogP contribution in [0.2, 0.25) is 0 Å². The quantitative estimate of drug-likeness (QED) is 0.306. The average Bonchev–Trinajstić information content (AvgIpc) is 3.22. The van der Waals surface area contributed by atoms with Crippen LogP contribution >= 0.6 is 11.3 Å². The van der Waals surface area contributed by atoms with E-state index in [4.69, 9.17) is 4.74 Å². The standard InChI is InChI=1S/C31H33N3O2S/c1-22-23(2)37-31(32-30(35)25-10-6-4-7-11-25)28(22)29(24-14-16-27(36-3)17-15-24)34-20-18-33(19-21-34)26-12-8-5-9-13-26/h4-17,29H,18-21H2,1-3H3,(H,32,35)/t29-/m1/s1. The summed E-state index contributed by atoms with van der Waals surface area (Å²) in [6.07, 6.45) is 0. The Morgan fingerprint density at radius 2 is 1.49 bits per heavy atom. The number of thiophene rings is 1. The van der Waals surface area contributed by atoms with Crippen molar-refractivity contribution in [3.63, 3.8) is 0 Å². The van der Waals surface area contributed by atoms with Gasteiger partial charge in [0, 0.05) is 47.9 Å². The number of ether oxygens (including phenoxy) is 1. The minimum Gasteiger partial charge on any atom is -0.497 e. The van der Waals surface area contributed by atoms with Gasteiger partial charge >= 0.3 is 0 Å². The highest BCUT2D eigenvalue weighted by atomic mass is 32.1. The van der Waals surface area contributed by atoms with Crippen molar-refractivity contribution < 1.29 is 9.53 Å². The van der Waals surface area contributed by atoms with Gasteiger partial charge in [0.15, 0.2) is 0 Å². The molecule has 1 aromatic heterocycles. The van der Waals surface area contributed by atoms with Crippen LogP contribution in [0.15, 0.2) is 84.9 Å². The Hall–Kier alpha value is -3.61. The Morgan fingerprint density at radius 1 is 0.865 bits per heavy atom. The van der Waals surface area contributed by atoms with E-state index in [-0.39, 0.29) is 11.9 Å². The molecule has 0 aliphatic carbocycles. The van der Waals surface area contributed by atoms with Crippen LogP contribution in [0.1, 0.15) is 38.0 Å². The first-order valence-corrected chi connectivity index (χ1v) is 13.5. The lowest BCUT2D eigenvalue weighted by molar-refractivity contribution is 0.102. The van der Waals surface area contributed by atoms with Gasteiger partial charge in [0.2, 0.25) is 0 Å². The molecule has 0 spiro atoms. The molecule has 1 atom stereocenters. The van der Waals surface area contributed by atoms with Crippen molar-refractivity contribution in [3.8, 4) is 5.75 Å². The summed E-state index contributed by atoms with van der Waals surface area (Å²) in [5.74, 6) is 0.762. The van der Waals surface area contributed by atoms with Crippen molar-refractivity contribution in [1.82, 2.24) is 4.90 Å². The molecule has 5 rings (SSSR count). The molecule has 1 amide bonds. The highest BCUT2D eigenvalue weighted by Crippen LogP contribution is 2.43. The lowest BCUT2D eigenvalue weighted by Crippen LogP contribution is -2.48. The number of nitrogens with one attached hydrogen (secondary N) is 1. The van der Waals surface area contributed by atoms with Crippen molar-refractivity contribution >= 4 is 27.9 Å². The maximum Gasteiger partial charge on any atom is 0.256 e. The highest BCUT2D eigenvalue weighted by Gasteiger charge is 2.31. The Labute approximate surface area is 223 Å². The van der Waals surface area contributed by atoms with Crippen LogP contribution in [0.25, 0.3) is 0 Å². The fourth-order valence-electron chi connectivity index (χ4n) is 5.05. The predicted octanol–water partition coefficient (Wildman–Crippen LogP) is 6.54. The number of amides is 1. The number of benzene rings is 3. The molecule has 1 saturated heterocycles. The summed E-state index contributed by atoms with van der Waals surface area (Å²) in [5.41, 5.74) is 5.55. The molecule has 1 N–H and O–H groups in total. The molecular weight excluding hydrogens is 478 g/mol. The summed E-state index contributed by atoms with van der Waals surface area (Å²) in [6, 6.07) is 28.4. The van der Waals surface area contributed by atoms with Crippen LogP contribution in [0, 0.1) is 13.8 Å². The Bertz CT molecular complexity index is 1330. The first-order chi connectivity index (χ1) is 18.0. The summed E-state index contributed by atoms with van der Waals surface area (Å²) >= 11 is 1.66. The maximum absolute atomic E-state index is 13.2. The van der Waals surface area contributed by atoms with Gasteiger partial charge in [-0.3, -0.25) is 9.69 Å². The van der Waals surface area contributed by atoms with Crippen molar-refractivity contribution in [2.45, 2.75) is 19.9 Å². The highest BCUT2D eigenvalue weighted by molar-refractivity contribution is 7.16. The number of nitrogens with zero attached hydrogens (tertiary/aromatic N) is 2. The van der Waals surface area contributed by atoms with Gasteiger partial charge in [0.25, 0.3) is 5.91 Å². The van der Waals surface area contributed by atoms with Crippen LogP contribution in [0.4, 0.5) is 10.7 Å². The van der Waals surface area contributed by atoms with Gasteiger partial charge in [-0.2, -0.15) is 0 Å². The SMILES string of the molecule is COc1ccc([C@H](c2c(NC(=O)c3ccccc3)sc(C)c2C)N2CCN(c3ccccc3)CC2)cc1. The van der Waals surface area contributed by atoms with E-state index >= 15 is 0 Å². The number of anilines is 2. The van der Waals surface area contributed by atoms with E-state index in [1.807, 2.05) is 42.5 Å². The van der Waals surface area contributed by atoms with Gasteiger partial charge in [0.05, 0.1) is 13.2 Å². The Kier molecular flexibility index (Phi) is 7.58. The van der Waals surface area contributed by atoms with Crippen LogP contribution in [0.5, 0.6) is 5.75 Å². The lowest BCUT2D eigenvalue weighted by Gasteiger charge is -2.41. The number of aryl methyl sites for hydroxylation is 1. The second-order valence-corrected chi connectivity index (χ2v) is 10.6. The molecule has 37 heavy (non-hydrogen) atoms. The average molecular weight is 512 g/mol. The van der Waals surface area contributed by atoms with Crippen LogP contribution in [0.3, 0.4) is 0 Å². The van der Waals surface area contributed by atoms with Gasteiger partial charge in [-0.05, 0) is 61.4 Å². The molecule has 4 aromatic rings. The van der Waals surface area contributed by atoms with Crippen molar-refractivity contribution in [2.24, 2.45) is 0 Å². The van der Waals surface area contributed by atoms with E-state index < -0.39 is 0 Å². The second-order valence-electron chi connectivity index (χ2n) is 9.38. The first kappa shape index (κ1) is 25.1. The topological polar surface area (TPSA) is 44.8 Å². The summed E-state index contributed by atoms with van der Waals surface area (Å²) < 4.78 is 5.44. The molecule has 1 aliphatic rings. The zero-order chi connectivity index (χ0) is 25.8. The zero-order valence-electron chi connectivity index (χ0n) is 21.6. The van der Waals surface area contributed by atoms with Gasteiger partial charge in [-0.1, -0.05) is 48.5 Å². The van der Waals surface area contributed by atoms with Gasteiger partial charge < -0.3 is 15.0 Å². The molecule has 0 saturated carbocycles. The van der Waals surface area contributed by atoms with Gasteiger partial charge in [-0.25, -0.2) is 0 Å². The fraction of sp³-hybridized carbons (Fsp3) is 0.258. The van der Waals surface area contributed by atoms with Crippen LogP contribution in [-0.2, 0) is 0 Å². The summed E-state index contributed by atoms with van der Waals surface area (Å²) in [6.45, 7) is 8.06. The predicted molar refractivity (Wildman–Crippen MR) is 153 cm³/mol. The molecule has 5 nitrogen and oxygen atoms in total. The van der Waals surface area contributed by atoms with Crippen LogP contribution in [-0.4, -0.2) is 44.1 Å². The van der Waals surface area contributed by atoms with E-state index in [9.17, 15) is 4.79 Å². The monoisotopic (exact) mass is 511 g/mol. The number of rotatable bonds is 7. The number of hydrogen-bond donors (Lipinski definition) is 1. The van der Waals surface area contributed by atoms with E-state index in [1.54, 1.807) is 18.4 Å². The Balaban J connectivity index is 1.49. The summed E-state index contributed by atoms with van der Waals surface area (Å²) in [5, 5.41) is 4.18. The smallest absolute Gasteiger partial charge is 0.256 e. The molecular formula is C31H33N3O2S. The molecule has 0 radical (unpaired) electrons. The maximum atomic E-state index is 13.2. The molecule has 6 heteroatoms. The van der Waals surface area contributed by atoms with E-state index in [2.05, 4.69) is 71.4 Å². The number of carbonyl (C=O) groups excluding carboxylic acids is 1. The molecule has 0 unspecified atom stereocenters. The zero-order valence-corrected chi connectivity index (χ0v) is 22.4. The van der Waals surface area contributed by atoms with Crippen molar-refractivity contribution in [2.75, 3.05) is 43.5 Å². The number of methoxy groups -OCH3 is 1. The number of para-hydroxylation sites is 1.